The Labute approximate surface area is 164 Å². The number of carbonyl (C=O) groups is 1. The van der Waals surface area contributed by atoms with Crippen LogP contribution in [0.2, 0.25) is 0 Å². The number of pyridine rings is 1. The summed E-state index contributed by atoms with van der Waals surface area (Å²) in [6.07, 6.45) is -8.95. The lowest BCUT2D eigenvalue weighted by Crippen LogP contribution is -2.21. The Balaban J connectivity index is 2.13. The molecule has 0 spiro atoms. The third-order valence-electron chi connectivity index (χ3n) is 3.86. The maximum Gasteiger partial charge on any atom is 0.422 e. The van der Waals surface area contributed by atoms with Crippen molar-refractivity contribution in [2.45, 2.75) is 18.8 Å². The van der Waals surface area contributed by atoms with E-state index >= 15 is 0 Å². The molecule has 1 aliphatic rings. The van der Waals surface area contributed by atoms with Crippen LogP contribution < -0.4 is 10.1 Å². The van der Waals surface area contributed by atoms with E-state index in [9.17, 15) is 31.1 Å². The second-order valence-electron chi connectivity index (χ2n) is 6.09. The van der Waals surface area contributed by atoms with Crippen LogP contribution in [0.5, 0.6) is 5.75 Å². The number of nitriles is 1. The zero-order valence-electron chi connectivity index (χ0n) is 14.7. The number of carbonyl (C=O) groups excluding carboxylic acids is 1. The van der Waals surface area contributed by atoms with Gasteiger partial charge >= 0.3 is 12.4 Å². The van der Waals surface area contributed by atoms with Crippen molar-refractivity contribution in [3.63, 3.8) is 0 Å². The summed E-state index contributed by atoms with van der Waals surface area (Å²) in [7, 11) is 0. The van der Waals surface area contributed by atoms with Crippen molar-refractivity contribution in [3.8, 4) is 11.8 Å². The van der Waals surface area contributed by atoms with Gasteiger partial charge < -0.3 is 10.1 Å². The number of nitrogens with zero attached hydrogens (tertiary/aromatic N) is 3. The summed E-state index contributed by atoms with van der Waals surface area (Å²) in [6, 6.07) is 5.71. The van der Waals surface area contributed by atoms with E-state index < -0.39 is 36.2 Å². The molecule has 2 aromatic rings. The van der Waals surface area contributed by atoms with Gasteiger partial charge in [0.25, 0.3) is 0 Å². The smallest absolute Gasteiger partial charge is 0.422 e. The standard InChI is InChI=1S/C18H10F6N4O2/c19-17(20,21)8-30-15-5-14-13(4-11(15)18(22,23)24)28-16(29)6-12(27-14)9-1-2-26-10(3-9)7-25/h1-5H,6,8H2,(H,28,29). The molecule has 1 aliphatic heterocycles. The summed E-state index contributed by atoms with van der Waals surface area (Å²) in [6.45, 7) is -1.94. The van der Waals surface area contributed by atoms with Crippen LogP contribution in [0.25, 0.3) is 0 Å². The molecule has 2 heterocycles. The zero-order valence-corrected chi connectivity index (χ0v) is 14.7. The van der Waals surface area contributed by atoms with Crippen LogP contribution >= 0.6 is 0 Å². The van der Waals surface area contributed by atoms with Gasteiger partial charge in [0.05, 0.1) is 29.1 Å². The van der Waals surface area contributed by atoms with E-state index in [-0.39, 0.29) is 29.2 Å². The van der Waals surface area contributed by atoms with E-state index in [1.54, 1.807) is 6.07 Å². The van der Waals surface area contributed by atoms with Crippen molar-refractivity contribution in [3.05, 3.63) is 47.3 Å². The molecule has 1 amide bonds. The number of hydrogen-bond acceptors (Lipinski definition) is 5. The van der Waals surface area contributed by atoms with E-state index in [0.717, 1.165) is 0 Å². The first-order valence-electron chi connectivity index (χ1n) is 8.15. The van der Waals surface area contributed by atoms with Crippen LogP contribution in [0.15, 0.2) is 35.5 Å². The SMILES string of the molecule is N#Cc1cc(C2=Nc3cc(OCC(F)(F)F)c(C(F)(F)F)cc3NC(=O)C2)ccn1. The second kappa shape index (κ2) is 7.66. The third kappa shape index (κ3) is 4.86. The lowest BCUT2D eigenvalue weighted by molar-refractivity contribution is -0.158. The number of aliphatic imine (C=N–C) groups is 1. The number of amides is 1. The molecule has 0 saturated heterocycles. The second-order valence-corrected chi connectivity index (χ2v) is 6.09. The molecule has 6 nitrogen and oxygen atoms in total. The molecule has 0 unspecified atom stereocenters. The predicted molar refractivity (Wildman–Crippen MR) is 91.4 cm³/mol. The molecule has 0 atom stereocenters. The molecule has 12 heteroatoms. The minimum atomic E-state index is -5.04. The highest BCUT2D eigenvalue weighted by molar-refractivity contribution is 6.17. The highest BCUT2D eigenvalue weighted by atomic mass is 19.4. The molecule has 30 heavy (non-hydrogen) atoms. The first kappa shape index (κ1) is 21.1. The van der Waals surface area contributed by atoms with Crippen molar-refractivity contribution in [2.24, 2.45) is 4.99 Å². The average molecular weight is 428 g/mol. The Morgan fingerprint density at radius 1 is 1.17 bits per heavy atom. The summed E-state index contributed by atoms with van der Waals surface area (Å²) in [4.78, 5) is 20.1. The number of halogens is 6. The molecule has 1 aromatic heterocycles. The number of fused-ring (bicyclic) bond motifs is 1. The Bertz CT molecular complexity index is 1070. The zero-order chi connectivity index (χ0) is 22.1. The number of rotatable bonds is 3. The largest absolute Gasteiger partial charge is 0.483 e. The quantitative estimate of drug-likeness (QED) is 0.736. The van der Waals surface area contributed by atoms with E-state index in [1.807, 2.05) is 0 Å². The maximum atomic E-state index is 13.3. The molecule has 0 radical (unpaired) electrons. The van der Waals surface area contributed by atoms with Crippen molar-refractivity contribution in [2.75, 3.05) is 11.9 Å². The van der Waals surface area contributed by atoms with Crippen molar-refractivity contribution < 1.29 is 35.9 Å². The van der Waals surface area contributed by atoms with E-state index in [1.165, 1.54) is 18.3 Å². The van der Waals surface area contributed by atoms with Crippen LogP contribution in [0.4, 0.5) is 37.7 Å². The molecule has 1 aromatic carbocycles. The topological polar surface area (TPSA) is 87.4 Å². The first-order chi connectivity index (χ1) is 14.0. The fourth-order valence-corrected chi connectivity index (χ4v) is 2.63. The fourth-order valence-electron chi connectivity index (χ4n) is 2.63. The molecule has 0 fully saturated rings. The Kier molecular flexibility index (Phi) is 5.39. The Morgan fingerprint density at radius 3 is 2.53 bits per heavy atom. The van der Waals surface area contributed by atoms with Gasteiger partial charge in [-0.3, -0.25) is 4.79 Å². The third-order valence-corrected chi connectivity index (χ3v) is 3.86. The molecule has 3 rings (SSSR count). The van der Waals surface area contributed by atoms with Crippen LogP contribution in [-0.2, 0) is 11.0 Å². The normalized spacial score (nSPS) is 14.2. The van der Waals surface area contributed by atoms with Gasteiger partial charge in [0.15, 0.2) is 6.61 Å². The van der Waals surface area contributed by atoms with Gasteiger partial charge in [-0.25, -0.2) is 9.98 Å². The predicted octanol–water partition coefficient (Wildman–Crippen LogP) is 4.38. The van der Waals surface area contributed by atoms with Crippen LogP contribution in [0.3, 0.4) is 0 Å². The van der Waals surface area contributed by atoms with Crippen molar-refractivity contribution in [1.82, 2.24) is 4.98 Å². The van der Waals surface area contributed by atoms with Gasteiger partial charge in [0, 0.05) is 17.8 Å². The van der Waals surface area contributed by atoms with E-state index in [2.05, 4.69) is 20.0 Å². The minimum Gasteiger partial charge on any atom is -0.483 e. The minimum absolute atomic E-state index is 0.0155. The number of ether oxygens (including phenoxy) is 1. The highest BCUT2D eigenvalue weighted by Crippen LogP contribution is 2.43. The molecular formula is C18H10F6N4O2. The van der Waals surface area contributed by atoms with Gasteiger partial charge in [-0.05, 0) is 18.2 Å². The molecule has 0 saturated carbocycles. The van der Waals surface area contributed by atoms with Gasteiger partial charge in [-0.1, -0.05) is 0 Å². The van der Waals surface area contributed by atoms with Gasteiger partial charge in [0.2, 0.25) is 5.91 Å². The number of benzene rings is 1. The summed E-state index contributed by atoms with van der Waals surface area (Å²) in [5.41, 5.74) is -1.64. The highest BCUT2D eigenvalue weighted by Gasteiger charge is 2.38. The van der Waals surface area contributed by atoms with Crippen LogP contribution in [0, 0.1) is 11.3 Å². The molecule has 156 valence electrons. The Morgan fingerprint density at radius 2 is 1.90 bits per heavy atom. The number of anilines is 1. The monoisotopic (exact) mass is 428 g/mol. The van der Waals surface area contributed by atoms with Gasteiger partial charge in [0.1, 0.15) is 17.5 Å². The van der Waals surface area contributed by atoms with Crippen molar-refractivity contribution >= 4 is 23.0 Å². The summed E-state index contributed by atoms with van der Waals surface area (Å²) < 4.78 is 81.7. The average Bonchev–Trinajstić information content (AvgIpc) is 2.82. The summed E-state index contributed by atoms with van der Waals surface area (Å²) in [5.74, 6) is -1.77. The number of aromatic nitrogens is 1. The lowest BCUT2D eigenvalue weighted by atomic mass is 10.1. The fraction of sp³-hybridized carbons (Fsp3) is 0.222. The molecule has 0 aliphatic carbocycles. The Hall–Kier alpha value is -3.62. The van der Waals surface area contributed by atoms with E-state index in [4.69, 9.17) is 5.26 Å². The number of nitrogens with one attached hydrogen (secondary N) is 1. The molecule has 0 bridgehead atoms. The molecular weight excluding hydrogens is 418 g/mol. The van der Waals surface area contributed by atoms with Gasteiger partial charge in [-0.15, -0.1) is 0 Å². The number of alkyl halides is 6. The van der Waals surface area contributed by atoms with Gasteiger partial charge in [-0.2, -0.15) is 31.6 Å². The van der Waals surface area contributed by atoms with E-state index in [0.29, 0.717) is 17.7 Å². The summed E-state index contributed by atoms with van der Waals surface area (Å²) in [5, 5.41) is 11.2. The molecule has 1 N–H and O–H groups in total. The number of hydrogen-bond donors (Lipinski definition) is 1. The first-order valence-corrected chi connectivity index (χ1v) is 8.15. The van der Waals surface area contributed by atoms with Crippen LogP contribution in [-0.4, -0.2) is 29.4 Å². The van der Waals surface area contributed by atoms with Crippen LogP contribution in [0.1, 0.15) is 23.2 Å². The lowest BCUT2D eigenvalue weighted by Gasteiger charge is -2.17. The van der Waals surface area contributed by atoms with Crippen molar-refractivity contribution in [1.29, 1.82) is 5.26 Å². The maximum absolute atomic E-state index is 13.3. The summed E-state index contributed by atoms with van der Waals surface area (Å²) >= 11 is 0.